The molecular formula is C11H12FN3O. The van der Waals surface area contributed by atoms with E-state index < -0.39 is 17.3 Å². The van der Waals surface area contributed by atoms with Crippen LogP contribution in [0.5, 0.6) is 0 Å². The van der Waals surface area contributed by atoms with E-state index in [4.69, 9.17) is 5.26 Å². The normalized spacial score (nSPS) is 13.6. The van der Waals surface area contributed by atoms with Crippen LogP contribution < -0.4 is 5.32 Å². The van der Waals surface area contributed by atoms with E-state index in [2.05, 4.69) is 10.3 Å². The molecule has 16 heavy (non-hydrogen) atoms. The van der Waals surface area contributed by atoms with Gasteiger partial charge in [0.25, 0.3) is 5.91 Å². The van der Waals surface area contributed by atoms with E-state index in [1.165, 1.54) is 6.20 Å². The van der Waals surface area contributed by atoms with Gasteiger partial charge in [0.05, 0.1) is 17.8 Å². The number of amides is 1. The molecule has 0 bridgehead atoms. The lowest BCUT2D eigenvalue weighted by Crippen LogP contribution is -2.44. The standard InChI is InChI=1S/C11H12FN3O/c1-3-11(2,7-13)15-10(16)8-4-9(12)6-14-5-8/h4-6H,3H2,1-2H3,(H,15,16). The third-order valence-corrected chi connectivity index (χ3v) is 2.31. The van der Waals surface area contributed by atoms with Gasteiger partial charge in [-0.1, -0.05) is 6.92 Å². The Balaban J connectivity index is 2.85. The summed E-state index contributed by atoms with van der Waals surface area (Å²) in [4.78, 5) is 15.2. The minimum atomic E-state index is -0.941. The highest BCUT2D eigenvalue weighted by molar-refractivity contribution is 5.94. The zero-order valence-electron chi connectivity index (χ0n) is 9.12. The van der Waals surface area contributed by atoms with Crippen LogP contribution in [-0.2, 0) is 0 Å². The van der Waals surface area contributed by atoms with Crippen molar-refractivity contribution in [2.24, 2.45) is 0 Å². The molecule has 84 valence electrons. The molecular weight excluding hydrogens is 209 g/mol. The summed E-state index contributed by atoms with van der Waals surface area (Å²) in [7, 11) is 0. The van der Waals surface area contributed by atoms with Crippen LogP contribution in [0.15, 0.2) is 18.5 Å². The maximum Gasteiger partial charge on any atom is 0.254 e. The first-order chi connectivity index (χ1) is 7.50. The molecule has 0 aromatic carbocycles. The number of hydrogen-bond acceptors (Lipinski definition) is 3. The molecule has 0 radical (unpaired) electrons. The Morgan fingerprint density at radius 2 is 2.38 bits per heavy atom. The summed E-state index contributed by atoms with van der Waals surface area (Å²) in [5.41, 5.74) is -0.835. The molecule has 1 aromatic rings. The van der Waals surface area contributed by atoms with Gasteiger partial charge in [-0.2, -0.15) is 5.26 Å². The van der Waals surface area contributed by atoms with Crippen LogP contribution in [0.25, 0.3) is 0 Å². The third-order valence-electron chi connectivity index (χ3n) is 2.31. The van der Waals surface area contributed by atoms with Crippen molar-refractivity contribution in [2.75, 3.05) is 0 Å². The van der Waals surface area contributed by atoms with Crippen LogP contribution in [0.1, 0.15) is 30.6 Å². The summed E-state index contributed by atoms with van der Waals surface area (Å²) in [5.74, 6) is -1.08. The van der Waals surface area contributed by atoms with E-state index in [1.807, 2.05) is 6.07 Å². The maximum atomic E-state index is 12.8. The van der Waals surface area contributed by atoms with E-state index in [-0.39, 0.29) is 5.56 Å². The van der Waals surface area contributed by atoms with Gasteiger partial charge in [-0.25, -0.2) is 4.39 Å². The lowest BCUT2D eigenvalue weighted by molar-refractivity contribution is 0.0922. The summed E-state index contributed by atoms with van der Waals surface area (Å²) in [6, 6.07) is 3.08. The van der Waals surface area contributed by atoms with Crippen molar-refractivity contribution < 1.29 is 9.18 Å². The molecule has 0 aliphatic rings. The van der Waals surface area contributed by atoms with Crippen LogP contribution in [0.2, 0.25) is 0 Å². The number of carbonyl (C=O) groups excluding carboxylic acids is 1. The van der Waals surface area contributed by atoms with Crippen LogP contribution in [0.3, 0.4) is 0 Å². The molecule has 1 unspecified atom stereocenters. The number of hydrogen-bond donors (Lipinski definition) is 1. The number of rotatable bonds is 3. The molecule has 0 fully saturated rings. The Morgan fingerprint density at radius 3 is 2.88 bits per heavy atom. The third kappa shape index (κ3) is 2.76. The highest BCUT2D eigenvalue weighted by atomic mass is 19.1. The van der Waals surface area contributed by atoms with Crippen molar-refractivity contribution in [1.29, 1.82) is 5.26 Å². The highest BCUT2D eigenvalue weighted by Gasteiger charge is 2.24. The van der Waals surface area contributed by atoms with Crippen LogP contribution in [-0.4, -0.2) is 16.4 Å². The summed E-state index contributed by atoms with van der Waals surface area (Å²) < 4.78 is 12.8. The highest BCUT2D eigenvalue weighted by Crippen LogP contribution is 2.09. The van der Waals surface area contributed by atoms with Crippen LogP contribution in [0, 0.1) is 17.1 Å². The lowest BCUT2D eigenvalue weighted by Gasteiger charge is -2.20. The lowest BCUT2D eigenvalue weighted by atomic mass is 10.0. The van der Waals surface area contributed by atoms with Gasteiger partial charge in [-0.05, 0) is 19.4 Å². The van der Waals surface area contributed by atoms with Crippen LogP contribution in [0.4, 0.5) is 4.39 Å². The number of aromatic nitrogens is 1. The minimum Gasteiger partial charge on any atom is -0.334 e. The van der Waals surface area contributed by atoms with Crippen LogP contribution >= 0.6 is 0 Å². The number of nitriles is 1. The van der Waals surface area contributed by atoms with Gasteiger partial charge in [-0.15, -0.1) is 0 Å². The fourth-order valence-corrected chi connectivity index (χ4v) is 1.05. The van der Waals surface area contributed by atoms with Crippen molar-refractivity contribution in [1.82, 2.24) is 10.3 Å². The molecule has 4 nitrogen and oxygen atoms in total. The number of nitrogens with one attached hydrogen (secondary N) is 1. The van der Waals surface area contributed by atoms with Crippen molar-refractivity contribution in [3.63, 3.8) is 0 Å². The number of pyridine rings is 1. The summed E-state index contributed by atoms with van der Waals surface area (Å²) in [6.45, 7) is 3.39. The van der Waals surface area contributed by atoms with E-state index >= 15 is 0 Å². The topological polar surface area (TPSA) is 65.8 Å². The van der Waals surface area contributed by atoms with E-state index in [9.17, 15) is 9.18 Å². The molecule has 1 amide bonds. The first-order valence-electron chi connectivity index (χ1n) is 4.85. The van der Waals surface area contributed by atoms with Gasteiger partial charge in [-0.3, -0.25) is 9.78 Å². The van der Waals surface area contributed by atoms with Crippen molar-refractivity contribution in [3.05, 3.63) is 29.8 Å². The summed E-state index contributed by atoms with van der Waals surface area (Å²) in [5, 5.41) is 11.4. The molecule has 0 saturated carbocycles. The fourth-order valence-electron chi connectivity index (χ4n) is 1.05. The molecule has 0 saturated heterocycles. The van der Waals surface area contributed by atoms with Gasteiger partial charge in [0.2, 0.25) is 0 Å². The molecule has 1 rings (SSSR count). The van der Waals surface area contributed by atoms with Crippen molar-refractivity contribution >= 4 is 5.91 Å². The molecule has 0 aliphatic carbocycles. The Labute approximate surface area is 93.1 Å². The zero-order chi connectivity index (χ0) is 12.2. The molecule has 0 spiro atoms. The number of nitrogens with zero attached hydrogens (tertiary/aromatic N) is 2. The van der Waals surface area contributed by atoms with Gasteiger partial charge in [0.1, 0.15) is 11.4 Å². The second-order valence-corrected chi connectivity index (χ2v) is 3.64. The number of halogens is 1. The Kier molecular flexibility index (Phi) is 3.56. The Bertz CT molecular complexity index is 441. The molecule has 1 heterocycles. The predicted octanol–water partition coefficient (Wildman–Crippen LogP) is 1.64. The van der Waals surface area contributed by atoms with E-state index in [0.29, 0.717) is 6.42 Å². The maximum absolute atomic E-state index is 12.8. The molecule has 1 N–H and O–H groups in total. The molecule has 1 aromatic heterocycles. The fraction of sp³-hybridized carbons (Fsp3) is 0.364. The quantitative estimate of drug-likeness (QED) is 0.843. The SMILES string of the molecule is CCC(C)(C#N)NC(=O)c1cncc(F)c1. The average molecular weight is 221 g/mol. The number of carbonyl (C=O) groups is 1. The first-order valence-corrected chi connectivity index (χ1v) is 4.85. The van der Waals surface area contributed by atoms with Crippen molar-refractivity contribution in [3.8, 4) is 6.07 Å². The second-order valence-electron chi connectivity index (χ2n) is 3.64. The van der Waals surface area contributed by atoms with Gasteiger partial charge < -0.3 is 5.32 Å². The van der Waals surface area contributed by atoms with Gasteiger partial charge in [0, 0.05) is 6.20 Å². The smallest absolute Gasteiger partial charge is 0.254 e. The van der Waals surface area contributed by atoms with Crippen molar-refractivity contribution in [2.45, 2.75) is 25.8 Å². The summed E-state index contributed by atoms with van der Waals surface area (Å²) in [6.07, 6.45) is 2.74. The van der Waals surface area contributed by atoms with E-state index in [0.717, 1.165) is 12.3 Å². The average Bonchev–Trinajstić information content (AvgIpc) is 2.29. The Morgan fingerprint density at radius 1 is 1.69 bits per heavy atom. The van der Waals surface area contributed by atoms with Gasteiger partial charge in [0.15, 0.2) is 0 Å². The van der Waals surface area contributed by atoms with Gasteiger partial charge >= 0.3 is 0 Å². The molecule has 5 heteroatoms. The first kappa shape index (κ1) is 12.1. The molecule has 0 aliphatic heterocycles. The monoisotopic (exact) mass is 221 g/mol. The Hall–Kier alpha value is -1.96. The zero-order valence-corrected chi connectivity index (χ0v) is 9.12. The van der Waals surface area contributed by atoms with E-state index in [1.54, 1.807) is 13.8 Å². The second kappa shape index (κ2) is 4.71. The summed E-state index contributed by atoms with van der Waals surface area (Å²) >= 11 is 0. The predicted molar refractivity (Wildman–Crippen MR) is 56.0 cm³/mol. The largest absolute Gasteiger partial charge is 0.334 e. The molecule has 1 atom stereocenters. The minimum absolute atomic E-state index is 0.106.